The Hall–Kier alpha value is -2.37. The van der Waals surface area contributed by atoms with Crippen molar-refractivity contribution < 1.29 is 9.53 Å². The van der Waals surface area contributed by atoms with E-state index in [9.17, 15) is 4.79 Å². The van der Waals surface area contributed by atoms with Gasteiger partial charge in [-0.15, -0.1) is 0 Å². The summed E-state index contributed by atoms with van der Waals surface area (Å²) in [6.07, 6.45) is 3.06. The predicted octanol–water partition coefficient (Wildman–Crippen LogP) is 1.10. The van der Waals surface area contributed by atoms with Gasteiger partial charge in [0.2, 0.25) is 0 Å². The maximum atomic E-state index is 11.6. The number of benzene rings is 1. The number of nitrogens with zero attached hydrogens (tertiary/aromatic N) is 2. The summed E-state index contributed by atoms with van der Waals surface area (Å²) in [6.45, 7) is 2.62. The van der Waals surface area contributed by atoms with Crippen LogP contribution in [0.2, 0.25) is 0 Å². The molecule has 0 bridgehead atoms. The fraction of sp³-hybridized carbons (Fsp3) is 0.357. The first-order valence-electron chi connectivity index (χ1n) is 6.60. The van der Waals surface area contributed by atoms with Crippen molar-refractivity contribution in [1.82, 2.24) is 20.5 Å². The molecular weight excluding hydrogens is 256 g/mol. The molecule has 1 aromatic heterocycles. The zero-order valence-corrected chi connectivity index (χ0v) is 11.4. The predicted molar refractivity (Wildman–Crippen MR) is 74.4 cm³/mol. The first-order valence-corrected chi connectivity index (χ1v) is 6.60. The molecule has 2 N–H and O–H groups in total. The number of nitrogens with one attached hydrogen (secondary N) is 2. The van der Waals surface area contributed by atoms with Gasteiger partial charge in [0.15, 0.2) is 6.61 Å². The Labute approximate surface area is 117 Å². The van der Waals surface area contributed by atoms with Crippen LogP contribution in [0.4, 0.5) is 0 Å². The second-order valence-electron chi connectivity index (χ2n) is 4.32. The number of hydrogen-bond acceptors (Lipinski definition) is 4. The van der Waals surface area contributed by atoms with Gasteiger partial charge in [-0.1, -0.05) is 19.1 Å². The Kier molecular flexibility index (Phi) is 5.11. The molecule has 106 valence electrons. The molecule has 0 saturated heterocycles. The third-order valence-electron chi connectivity index (χ3n) is 2.85. The summed E-state index contributed by atoms with van der Waals surface area (Å²) in [4.78, 5) is 15.6. The molecule has 6 nitrogen and oxygen atoms in total. The topological polar surface area (TPSA) is 79.9 Å². The highest BCUT2D eigenvalue weighted by Crippen LogP contribution is 2.12. The van der Waals surface area contributed by atoms with E-state index in [2.05, 4.69) is 27.4 Å². The number of hydrogen-bond donors (Lipinski definition) is 2. The highest BCUT2D eigenvalue weighted by atomic mass is 16.5. The van der Waals surface area contributed by atoms with Crippen molar-refractivity contribution in [1.29, 1.82) is 0 Å². The second kappa shape index (κ2) is 7.28. The monoisotopic (exact) mass is 274 g/mol. The van der Waals surface area contributed by atoms with Crippen molar-refractivity contribution in [3.63, 3.8) is 0 Å². The van der Waals surface area contributed by atoms with Crippen LogP contribution in [0.5, 0.6) is 5.75 Å². The molecule has 2 rings (SSSR count). The summed E-state index contributed by atoms with van der Waals surface area (Å²) in [6, 6.07) is 7.75. The molecule has 1 heterocycles. The zero-order chi connectivity index (χ0) is 14.2. The molecule has 1 aromatic carbocycles. The van der Waals surface area contributed by atoms with E-state index in [4.69, 9.17) is 4.74 Å². The van der Waals surface area contributed by atoms with Crippen molar-refractivity contribution in [3.8, 4) is 5.75 Å². The van der Waals surface area contributed by atoms with Gasteiger partial charge in [-0.2, -0.15) is 5.10 Å². The molecule has 0 atom stereocenters. The quantitative estimate of drug-likeness (QED) is 0.792. The van der Waals surface area contributed by atoms with Crippen molar-refractivity contribution in [2.24, 2.45) is 0 Å². The summed E-state index contributed by atoms with van der Waals surface area (Å²) >= 11 is 0. The number of aromatic nitrogens is 3. The number of aromatic amines is 1. The lowest BCUT2D eigenvalue weighted by Crippen LogP contribution is -2.30. The van der Waals surface area contributed by atoms with Gasteiger partial charge in [-0.3, -0.25) is 9.89 Å². The van der Waals surface area contributed by atoms with Gasteiger partial charge >= 0.3 is 0 Å². The lowest BCUT2D eigenvalue weighted by atomic mass is 10.2. The fourth-order valence-electron chi connectivity index (χ4n) is 1.69. The minimum absolute atomic E-state index is 0.0158. The zero-order valence-electron chi connectivity index (χ0n) is 11.4. The second-order valence-corrected chi connectivity index (χ2v) is 4.32. The van der Waals surface area contributed by atoms with Crippen LogP contribution >= 0.6 is 0 Å². The standard InChI is InChI=1S/C14H18N4O2/c1-2-11-3-5-12(6-4-11)20-9-14(19)15-8-7-13-16-10-17-18-13/h3-6,10H,2,7-9H2,1H3,(H,15,19)(H,16,17,18). The molecule has 0 aliphatic heterocycles. The average molecular weight is 274 g/mol. The minimum Gasteiger partial charge on any atom is -0.484 e. The van der Waals surface area contributed by atoms with Gasteiger partial charge in [0, 0.05) is 13.0 Å². The van der Waals surface area contributed by atoms with Crippen LogP contribution in [0.25, 0.3) is 0 Å². The smallest absolute Gasteiger partial charge is 0.257 e. The van der Waals surface area contributed by atoms with Gasteiger partial charge in [-0.05, 0) is 24.1 Å². The first kappa shape index (κ1) is 14.0. The van der Waals surface area contributed by atoms with Gasteiger partial charge in [0.25, 0.3) is 5.91 Å². The van der Waals surface area contributed by atoms with Crippen LogP contribution in [0.15, 0.2) is 30.6 Å². The van der Waals surface area contributed by atoms with Crippen LogP contribution in [-0.2, 0) is 17.6 Å². The van der Waals surface area contributed by atoms with Gasteiger partial charge < -0.3 is 10.1 Å². The number of rotatable bonds is 7. The van der Waals surface area contributed by atoms with Crippen molar-refractivity contribution in [3.05, 3.63) is 42.0 Å². The largest absolute Gasteiger partial charge is 0.484 e. The SMILES string of the molecule is CCc1ccc(OCC(=O)NCCc2ncn[nH]2)cc1. The van der Waals surface area contributed by atoms with E-state index in [0.717, 1.165) is 12.2 Å². The highest BCUT2D eigenvalue weighted by Gasteiger charge is 2.03. The summed E-state index contributed by atoms with van der Waals surface area (Å²) in [7, 11) is 0. The number of H-pyrrole nitrogens is 1. The Bertz CT molecular complexity index is 523. The van der Waals surface area contributed by atoms with Crippen LogP contribution < -0.4 is 10.1 Å². The Morgan fingerprint density at radius 3 is 2.80 bits per heavy atom. The van der Waals surface area contributed by atoms with Crippen LogP contribution in [-0.4, -0.2) is 34.2 Å². The summed E-state index contributed by atoms with van der Waals surface area (Å²) in [5, 5.41) is 9.23. The van der Waals surface area contributed by atoms with E-state index in [1.807, 2.05) is 24.3 Å². The molecule has 0 spiro atoms. The van der Waals surface area contributed by atoms with E-state index in [1.54, 1.807) is 0 Å². The lowest BCUT2D eigenvalue weighted by molar-refractivity contribution is -0.123. The normalized spacial score (nSPS) is 10.2. The molecular formula is C14H18N4O2. The number of aryl methyl sites for hydroxylation is 1. The van der Waals surface area contributed by atoms with Crippen molar-refractivity contribution in [2.75, 3.05) is 13.2 Å². The third kappa shape index (κ3) is 4.38. The van der Waals surface area contributed by atoms with Gasteiger partial charge in [0.1, 0.15) is 17.9 Å². The van der Waals surface area contributed by atoms with Crippen LogP contribution in [0.1, 0.15) is 18.3 Å². The molecule has 0 saturated carbocycles. The van der Waals surface area contributed by atoms with Crippen LogP contribution in [0.3, 0.4) is 0 Å². The molecule has 0 radical (unpaired) electrons. The number of carbonyl (C=O) groups is 1. The molecule has 6 heteroatoms. The van der Waals surface area contributed by atoms with Gasteiger partial charge in [0.05, 0.1) is 0 Å². The van der Waals surface area contributed by atoms with E-state index >= 15 is 0 Å². The molecule has 2 aromatic rings. The molecule has 0 aliphatic carbocycles. The lowest BCUT2D eigenvalue weighted by Gasteiger charge is -2.07. The van der Waals surface area contributed by atoms with E-state index < -0.39 is 0 Å². The minimum atomic E-state index is -0.149. The first-order chi connectivity index (χ1) is 9.78. The Morgan fingerprint density at radius 1 is 1.35 bits per heavy atom. The summed E-state index contributed by atoms with van der Waals surface area (Å²) < 4.78 is 5.41. The third-order valence-corrected chi connectivity index (χ3v) is 2.85. The number of amides is 1. The van der Waals surface area contributed by atoms with Crippen molar-refractivity contribution >= 4 is 5.91 Å². The van der Waals surface area contributed by atoms with E-state index in [0.29, 0.717) is 18.7 Å². The Morgan fingerprint density at radius 2 is 2.15 bits per heavy atom. The molecule has 20 heavy (non-hydrogen) atoms. The maximum Gasteiger partial charge on any atom is 0.257 e. The Balaban J connectivity index is 1.66. The highest BCUT2D eigenvalue weighted by molar-refractivity contribution is 5.77. The molecule has 0 aliphatic rings. The van der Waals surface area contributed by atoms with E-state index in [1.165, 1.54) is 11.9 Å². The maximum absolute atomic E-state index is 11.6. The fourth-order valence-corrected chi connectivity index (χ4v) is 1.69. The average Bonchev–Trinajstić information content (AvgIpc) is 2.99. The number of carbonyl (C=O) groups excluding carboxylic acids is 1. The molecule has 0 fully saturated rings. The molecule has 1 amide bonds. The van der Waals surface area contributed by atoms with Crippen LogP contribution in [0, 0.1) is 0 Å². The summed E-state index contributed by atoms with van der Waals surface area (Å²) in [5.74, 6) is 1.30. The summed E-state index contributed by atoms with van der Waals surface area (Å²) in [5.41, 5.74) is 1.24. The van der Waals surface area contributed by atoms with Crippen molar-refractivity contribution in [2.45, 2.75) is 19.8 Å². The van der Waals surface area contributed by atoms with E-state index in [-0.39, 0.29) is 12.5 Å². The number of ether oxygens (including phenoxy) is 1. The van der Waals surface area contributed by atoms with Gasteiger partial charge in [-0.25, -0.2) is 4.98 Å². The molecule has 0 unspecified atom stereocenters.